The molecule has 4 heteroatoms. The zero-order valence-electron chi connectivity index (χ0n) is 9.09. The number of hydrogen-bond acceptors (Lipinski definition) is 2. The van der Waals surface area contributed by atoms with E-state index in [0.717, 1.165) is 0 Å². The van der Waals surface area contributed by atoms with Gasteiger partial charge in [0, 0.05) is 17.0 Å². The van der Waals surface area contributed by atoms with Crippen LogP contribution in [0.2, 0.25) is 10.0 Å². The third kappa shape index (κ3) is 3.32. The highest BCUT2D eigenvalue weighted by atomic mass is 35.5. The first-order valence-electron chi connectivity index (χ1n) is 4.94. The van der Waals surface area contributed by atoms with E-state index in [-0.39, 0.29) is 22.9 Å². The number of carbonyl (C=O) groups excluding carboxylic acids is 2. The summed E-state index contributed by atoms with van der Waals surface area (Å²) in [5.41, 5.74) is 0.219. The minimum absolute atomic E-state index is 0.155. The Balaban J connectivity index is 2.92. The predicted molar refractivity (Wildman–Crippen MR) is 65.3 cm³/mol. The van der Waals surface area contributed by atoms with Crippen LogP contribution in [-0.2, 0) is 4.79 Å². The summed E-state index contributed by atoms with van der Waals surface area (Å²) in [6.07, 6.45) is 0.234. The largest absolute Gasteiger partial charge is 0.290 e. The van der Waals surface area contributed by atoms with Crippen LogP contribution in [0.1, 0.15) is 30.6 Å². The molecule has 0 aromatic heterocycles. The van der Waals surface area contributed by atoms with Crippen LogP contribution in [0.25, 0.3) is 0 Å². The van der Waals surface area contributed by atoms with Gasteiger partial charge in [0.25, 0.3) is 0 Å². The van der Waals surface area contributed by atoms with E-state index in [1.807, 2.05) is 13.8 Å². The van der Waals surface area contributed by atoms with Gasteiger partial charge in [0.1, 0.15) is 0 Å². The molecule has 1 rings (SSSR count). The third-order valence-electron chi connectivity index (χ3n) is 2.02. The Labute approximate surface area is 105 Å². The Morgan fingerprint density at radius 2 is 1.88 bits per heavy atom. The first-order chi connectivity index (χ1) is 7.41. The van der Waals surface area contributed by atoms with Gasteiger partial charge in [0.15, 0.2) is 0 Å². The molecule has 0 unspecified atom stereocenters. The second kappa shape index (κ2) is 5.46. The molecular weight excluding hydrogens is 247 g/mol. The van der Waals surface area contributed by atoms with E-state index in [1.54, 1.807) is 6.07 Å². The van der Waals surface area contributed by atoms with Crippen LogP contribution in [0.5, 0.6) is 0 Å². The lowest BCUT2D eigenvalue weighted by Gasteiger charge is -2.05. The molecule has 0 spiro atoms. The smallest absolute Gasteiger partial charge is 0.230 e. The Hall–Kier alpha value is -0.860. The lowest BCUT2D eigenvalue weighted by atomic mass is 10.00. The van der Waals surface area contributed by atoms with Gasteiger partial charge < -0.3 is 0 Å². The van der Waals surface area contributed by atoms with E-state index in [1.165, 1.54) is 12.1 Å². The molecule has 0 bridgehead atoms. The molecule has 0 fully saturated rings. The SMILES string of the molecule is CC(C)CC(=O)C(=O)c1ccc(Cl)cc1Cl. The summed E-state index contributed by atoms with van der Waals surface area (Å²) in [7, 11) is 0. The Bertz CT molecular complexity index is 425. The molecule has 0 radical (unpaired) electrons. The van der Waals surface area contributed by atoms with Crippen LogP contribution in [0.3, 0.4) is 0 Å². The molecule has 2 nitrogen and oxygen atoms in total. The lowest BCUT2D eigenvalue weighted by molar-refractivity contribution is -0.115. The Morgan fingerprint density at radius 3 is 2.38 bits per heavy atom. The molecule has 86 valence electrons. The van der Waals surface area contributed by atoms with Crippen molar-refractivity contribution >= 4 is 34.8 Å². The standard InChI is InChI=1S/C12H12Cl2O2/c1-7(2)5-11(15)12(16)9-4-3-8(13)6-10(9)14/h3-4,6-7H,5H2,1-2H3. The molecule has 0 aliphatic heterocycles. The molecule has 0 saturated heterocycles. The minimum atomic E-state index is -0.546. The first kappa shape index (κ1) is 13.2. The van der Waals surface area contributed by atoms with Crippen LogP contribution in [0.4, 0.5) is 0 Å². The molecule has 1 aromatic carbocycles. The molecule has 0 aliphatic rings. The Morgan fingerprint density at radius 1 is 1.25 bits per heavy atom. The lowest BCUT2D eigenvalue weighted by Crippen LogP contribution is -2.16. The summed E-state index contributed by atoms with van der Waals surface area (Å²) in [5, 5.41) is 0.660. The average molecular weight is 259 g/mol. The van der Waals surface area contributed by atoms with E-state index in [4.69, 9.17) is 23.2 Å². The maximum Gasteiger partial charge on any atom is 0.230 e. The maximum absolute atomic E-state index is 11.7. The summed E-state index contributed by atoms with van der Waals surface area (Å²) in [4.78, 5) is 23.3. The van der Waals surface area contributed by atoms with Crippen molar-refractivity contribution in [1.82, 2.24) is 0 Å². The fourth-order valence-corrected chi connectivity index (χ4v) is 1.78. The summed E-state index contributed by atoms with van der Waals surface area (Å²) in [6.45, 7) is 3.77. The topological polar surface area (TPSA) is 34.1 Å². The summed E-state index contributed by atoms with van der Waals surface area (Å²) in [5.74, 6) is -0.808. The minimum Gasteiger partial charge on any atom is -0.290 e. The van der Waals surface area contributed by atoms with Crippen LogP contribution >= 0.6 is 23.2 Å². The van der Waals surface area contributed by atoms with Crippen molar-refractivity contribution in [2.24, 2.45) is 5.92 Å². The van der Waals surface area contributed by atoms with E-state index in [2.05, 4.69) is 0 Å². The van der Waals surface area contributed by atoms with E-state index < -0.39 is 11.6 Å². The monoisotopic (exact) mass is 258 g/mol. The highest BCUT2D eigenvalue weighted by Gasteiger charge is 2.19. The normalized spacial score (nSPS) is 10.6. The second-order valence-corrected chi connectivity index (χ2v) is 4.82. The van der Waals surface area contributed by atoms with Crippen molar-refractivity contribution in [1.29, 1.82) is 0 Å². The number of Topliss-reactive ketones (excluding diaryl/α,β-unsaturated/α-hetero) is 2. The molecule has 0 atom stereocenters. The predicted octanol–water partition coefficient (Wildman–Crippen LogP) is 3.79. The molecule has 0 N–H and O–H groups in total. The highest BCUT2D eigenvalue weighted by Crippen LogP contribution is 2.22. The van der Waals surface area contributed by atoms with Gasteiger partial charge in [-0.05, 0) is 24.1 Å². The van der Waals surface area contributed by atoms with Crippen LogP contribution in [0.15, 0.2) is 18.2 Å². The maximum atomic E-state index is 11.7. The number of carbonyl (C=O) groups is 2. The third-order valence-corrected chi connectivity index (χ3v) is 2.57. The number of hydrogen-bond donors (Lipinski definition) is 0. The van der Waals surface area contributed by atoms with Gasteiger partial charge in [-0.3, -0.25) is 9.59 Å². The molecule has 0 heterocycles. The quantitative estimate of drug-likeness (QED) is 0.609. The Kier molecular flexibility index (Phi) is 4.51. The summed E-state index contributed by atoms with van der Waals surface area (Å²) in [6, 6.07) is 4.48. The van der Waals surface area contributed by atoms with Crippen molar-refractivity contribution in [3.8, 4) is 0 Å². The number of benzene rings is 1. The van der Waals surface area contributed by atoms with Gasteiger partial charge in [-0.2, -0.15) is 0 Å². The fraction of sp³-hybridized carbons (Fsp3) is 0.333. The van der Waals surface area contributed by atoms with Gasteiger partial charge in [-0.1, -0.05) is 37.0 Å². The fourth-order valence-electron chi connectivity index (χ4n) is 1.29. The molecular formula is C12H12Cl2O2. The van der Waals surface area contributed by atoms with Crippen LogP contribution in [0, 0.1) is 5.92 Å². The molecule has 1 aromatic rings. The van der Waals surface area contributed by atoms with Crippen molar-refractivity contribution < 1.29 is 9.59 Å². The van der Waals surface area contributed by atoms with Gasteiger partial charge in [-0.25, -0.2) is 0 Å². The molecule has 0 aliphatic carbocycles. The number of rotatable bonds is 4. The molecule has 16 heavy (non-hydrogen) atoms. The summed E-state index contributed by atoms with van der Waals surface area (Å²) >= 11 is 11.6. The van der Waals surface area contributed by atoms with Crippen LogP contribution < -0.4 is 0 Å². The van der Waals surface area contributed by atoms with Gasteiger partial charge in [0.2, 0.25) is 11.6 Å². The zero-order valence-corrected chi connectivity index (χ0v) is 10.6. The van der Waals surface area contributed by atoms with Crippen molar-refractivity contribution in [2.45, 2.75) is 20.3 Å². The highest BCUT2D eigenvalue weighted by molar-refractivity contribution is 6.48. The van der Waals surface area contributed by atoms with Gasteiger partial charge in [-0.15, -0.1) is 0 Å². The van der Waals surface area contributed by atoms with Gasteiger partial charge >= 0.3 is 0 Å². The van der Waals surface area contributed by atoms with E-state index in [9.17, 15) is 9.59 Å². The average Bonchev–Trinajstić information content (AvgIpc) is 2.15. The van der Waals surface area contributed by atoms with Crippen LogP contribution in [-0.4, -0.2) is 11.6 Å². The number of ketones is 2. The number of halogens is 2. The van der Waals surface area contributed by atoms with Crippen molar-refractivity contribution in [3.05, 3.63) is 33.8 Å². The van der Waals surface area contributed by atoms with Crippen molar-refractivity contribution in [3.63, 3.8) is 0 Å². The van der Waals surface area contributed by atoms with E-state index >= 15 is 0 Å². The molecule has 0 saturated carbocycles. The molecule has 0 amide bonds. The van der Waals surface area contributed by atoms with Crippen molar-refractivity contribution in [2.75, 3.05) is 0 Å². The van der Waals surface area contributed by atoms with Gasteiger partial charge in [0.05, 0.1) is 5.02 Å². The zero-order chi connectivity index (χ0) is 12.3. The first-order valence-corrected chi connectivity index (χ1v) is 5.70. The summed E-state index contributed by atoms with van der Waals surface area (Å²) < 4.78 is 0. The van der Waals surface area contributed by atoms with E-state index in [0.29, 0.717) is 5.02 Å². The second-order valence-electron chi connectivity index (χ2n) is 3.97.